The van der Waals surface area contributed by atoms with Crippen LogP contribution in [-0.4, -0.2) is 20.4 Å². The molecule has 0 unspecified atom stereocenters. The van der Waals surface area contributed by atoms with Gasteiger partial charge in [0.25, 0.3) is 11.2 Å². The van der Waals surface area contributed by atoms with E-state index in [0.29, 0.717) is 11.4 Å². The summed E-state index contributed by atoms with van der Waals surface area (Å²) in [6.07, 6.45) is 1.32. The average Bonchev–Trinajstić information content (AvgIpc) is 2.64. The largest absolute Gasteiger partial charge is 0.325 e. The van der Waals surface area contributed by atoms with Crippen molar-refractivity contribution in [2.75, 3.05) is 5.32 Å². The smallest absolute Gasteiger partial charge is 0.269 e. The maximum Gasteiger partial charge on any atom is 0.269 e. The highest BCUT2D eigenvalue weighted by Gasteiger charge is 2.09. The third-order valence-corrected chi connectivity index (χ3v) is 3.62. The minimum Gasteiger partial charge on any atom is -0.325 e. The van der Waals surface area contributed by atoms with Crippen LogP contribution in [0.15, 0.2) is 71.8 Å². The molecule has 0 saturated carbocycles. The minimum absolute atomic E-state index is 0.0695. The molecular weight excluding hydrogens is 336 g/mol. The van der Waals surface area contributed by atoms with E-state index in [1.54, 1.807) is 0 Å². The second-order valence-corrected chi connectivity index (χ2v) is 5.46. The van der Waals surface area contributed by atoms with Crippen LogP contribution < -0.4 is 10.9 Å². The summed E-state index contributed by atoms with van der Waals surface area (Å²) in [6.45, 7) is -0.210. The Bertz CT molecular complexity index is 998. The van der Waals surface area contributed by atoms with Crippen molar-refractivity contribution in [1.82, 2.24) is 9.55 Å². The number of nitro groups is 1. The van der Waals surface area contributed by atoms with Crippen LogP contribution in [0.3, 0.4) is 0 Å². The van der Waals surface area contributed by atoms with Crippen molar-refractivity contribution >= 4 is 17.3 Å². The monoisotopic (exact) mass is 350 g/mol. The van der Waals surface area contributed by atoms with Crippen LogP contribution in [0.4, 0.5) is 11.4 Å². The summed E-state index contributed by atoms with van der Waals surface area (Å²) in [5.74, 6) is -0.435. The molecule has 0 spiro atoms. The predicted molar refractivity (Wildman–Crippen MR) is 95.7 cm³/mol. The van der Waals surface area contributed by atoms with Gasteiger partial charge in [0, 0.05) is 29.4 Å². The van der Waals surface area contributed by atoms with E-state index in [-0.39, 0.29) is 17.8 Å². The summed E-state index contributed by atoms with van der Waals surface area (Å²) < 4.78 is 1.19. The molecule has 0 radical (unpaired) electrons. The zero-order valence-corrected chi connectivity index (χ0v) is 13.5. The molecule has 3 rings (SSSR count). The van der Waals surface area contributed by atoms with Crippen LogP contribution >= 0.6 is 0 Å². The van der Waals surface area contributed by atoms with Crippen LogP contribution in [-0.2, 0) is 11.3 Å². The lowest BCUT2D eigenvalue weighted by Gasteiger charge is -2.08. The molecule has 8 heteroatoms. The van der Waals surface area contributed by atoms with Gasteiger partial charge >= 0.3 is 0 Å². The molecule has 0 saturated heterocycles. The van der Waals surface area contributed by atoms with E-state index in [2.05, 4.69) is 10.3 Å². The number of carbonyl (C=O) groups is 1. The quantitative estimate of drug-likeness (QED) is 0.562. The Morgan fingerprint density at radius 2 is 1.81 bits per heavy atom. The van der Waals surface area contributed by atoms with Crippen LogP contribution in [0, 0.1) is 10.1 Å². The Morgan fingerprint density at radius 1 is 1.12 bits per heavy atom. The molecule has 2 aromatic carbocycles. The van der Waals surface area contributed by atoms with E-state index in [4.69, 9.17) is 0 Å². The highest BCUT2D eigenvalue weighted by Crippen LogP contribution is 2.15. The number of hydrogen-bond acceptors (Lipinski definition) is 5. The van der Waals surface area contributed by atoms with Gasteiger partial charge in [-0.1, -0.05) is 30.3 Å². The molecule has 0 bridgehead atoms. The number of anilines is 1. The summed E-state index contributed by atoms with van der Waals surface area (Å²) >= 11 is 0. The highest BCUT2D eigenvalue weighted by molar-refractivity contribution is 5.90. The first kappa shape index (κ1) is 17.0. The first-order chi connectivity index (χ1) is 12.5. The molecule has 0 aliphatic heterocycles. The number of carbonyl (C=O) groups excluding carboxylic acids is 1. The fourth-order valence-electron chi connectivity index (χ4n) is 2.33. The number of rotatable bonds is 5. The van der Waals surface area contributed by atoms with Crippen molar-refractivity contribution in [3.05, 3.63) is 87.5 Å². The lowest BCUT2D eigenvalue weighted by molar-refractivity contribution is -0.384. The summed E-state index contributed by atoms with van der Waals surface area (Å²) in [6, 6.07) is 16.0. The van der Waals surface area contributed by atoms with Crippen molar-refractivity contribution < 1.29 is 9.72 Å². The molecule has 26 heavy (non-hydrogen) atoms. The van der Waals surface area contributed by atoms with E-state index in [0.717, 1.165) is 5.56 Å². The van der Waals surface area contributed by atoms with Gasteiger partial charge in [-0.3, -0.25) is 24.3 Å². The molecule has 0 atom stereocenters. The maximum absolute atomic E-state index is 12.2. The molecule has 0 aliphatic rings. The Kier molecular flexibility index (Phi) is 4.84. The van der Waals surface area contributed by atoms with Gasteiger partial charge < -0.3 is 5.32 Å². The van der Waals surface area contributed by atoms with E-state index < -0.39 is 10.8 Å². The number of nitrogens with one attached hydrogen (secondary N) is 1. The summed E-state index contributed by atoms with van der Waals surface area (Å²) in [5.41, 5.74) is 1.33. The molecule has 8 nitrogen and oxygen atoms in total. The fraction of sp³-hybridized carbons (Fsp3) is 0.0556. The number of hydrogen-bond donors (Lipinski definition) is 1. The molecule has 3 aromatic rings. The van der Waals surface area contributed by atoms with Crippen molar-refractivity contribution in [3.63, 3.8) is 0 Å². The third kappa shape index (κ3) is 3.99. The molecule has 0 fully saturated rings. The van der Waals surface area contributed by atoms with Gasteiger partial charge in [-0.2, -0.15) is 0 Å². The first-order valence-corrected chi connectivity index (χ1v) is 7.69. The van der Waals surface area contributed by atoms with Crippen LogP contribution in [0.5, 0.6) is 0 Å². The number of non-ortho nitro benzene ring substituents is 1. The Hall–Kier alpha value is -3.81. The Labute approximate surface area is 147 Å². The second kappa shape index (κ2) is 7.39. The van der Waals surface area contributed by atoms with Crippen LogP contribution in [0.25, 0.3) is 11.3 Å². The van der Waals surface area contributed by atoms with Crippen LogP contribution in [0.1, 0.15) is 0 Å². The van der Waals surface area contributed by atoms with Crippen molar-refractivity contribution in [1.29, 1.82) is 0 Å². The van der Waals surface area contributed by atoms with Crippen LogP contribution in [0.2, 0.25) is 0 Å². The Balaban J connectivity index is 1.69. The molecule has 1 heterocycles. The number of benzene rings is 2. The zero-order chi connectivity index (χ0) is 18.5. The van der Waals surface area contributed by atoms with Gasteiger partial charge in [0.2, 0.25) is 5.91 Å². The number of aromatic nitrogens is 2. The minimum atomic E-state index is -0.523. The highest BCUT2D eigenvalue weighted by atomic mass is 16.6. The number of amides is 1. The molecule has 1 amide bonds. The second-order valence-electron chi connectivity index (χ2n) is 5.46. The predicted octanol–water partition coefficient (Wildman–Crippen LogP) is 2.46. The molecule has 1 N–H and O–H groups in total. The third-order valence-electron chi connectivity index (χ3n) is 3.62. The molecular formula is C18H14N4O4. The van der Waals surface area contributed by atoms with Gasteiger partial charge in [-0.25, -0.2) is 4.98 Å². The van der Waals surface area contributed by atoms with Crippen molar-refractivity contribution in [2.24, 2.45) is 0 Å². The fourth-order valence-corrected chi connectivity index (χ4v) is 2.33. The Morgan fingerprint density at radius 3 is 2.42 bits per heavy atom. The number of nitrogens with zero attached hydrogens (tertiary/aromatic N) is 3. The molecule has 1 aromatic heterocycles. The van der Waals surface area contributed by atoms with E-state index in [1.807, 2.05) is 30.3 Å². The van der Waals surface area contributed by atoms with Gasteiger partial charge in [0.05, 0.1) is 16.9 Å². The zero-order valence-electron chi connectivity index (χ0n) is 13.5. The van der Waals surface area contributed by atoms with Gasteiger partial charge in [-0.05, 0) is 12.1 Å². The lowest BCUT2D eigenvalue weighted by Crippen LogP contribution is -2.27. The van der Waals surface area contributed by atoms with E-state index in [9.17, 15) is 19.7 Å². The van der Waals surface area contributed by atoms with Crippen molar-refractivity contribution in [3.8, 4) is 11.3 Å². The van der Waals surface area contributed by atoms with Gasteiger partial charge in [0.15, 0.2) is 0 Å². The summed E-state index contributed by atoms with van der Waals surface area (Å²) in [4.78, 5) is 38.6. The molecule has 0 aliphatic carbocycles. The van der Waals surface area contributed by atoms with Gasteiger partial charge in [-0.15, -0.1) is 0 Å². The number of nitro benzene ring substituents is 1. The summed E-state index contributed by atoms with van der Waals surface area (Å²) in [7, 11) is 0. The first-order valence-electron chi connectivity index (χ1n) is 7.69. The topological polar surface area (TPSA) is 107 Å². The van der Waals surface area contributed by atoms with Crippen molar-refractivity contribution in [2.45, 2.75) is 6.54 Å². The summed E-state index contributed by atoms with van der Waals surface area (Å²) in [5, 5.41) is 13.2. The lowest BCUT2D eigenvalue weighted by atomic mass is 10.1. The average molecular weight is 350 g/mol. The van der Waals surface area contributed by atoms with E-state index in [1.165, 1.54) is 41.2 Å². The van der Waals surface area contributed by atoms with Gasteiger partial charge in [0.1, 0.15) is 6.54 Å². The SMILES string of the molecule is O=C(Cn1cnc(-c2ccccc2)cc1=O)Nc1ccc([N+](=O)[O-])cc1. The van der Waals surface area contributed by atoms with E-state index >= 15 is 0 Å². The normalized spacial score (nSPS) is 10.3. The standard InChI is InChI=1S/C18H14N4O4/c23-17(20-14-6-8-15(9-7-14)22(25)26)11-21-12-19-16(10-18(21)24)13-4-2-1-3-5-13/h1-10,12H,11H2,(H,20,23). The molecule has 130 valence electrons. The maximum atomic E-state index is 12.2.